The Morgan fingerprint density at radius 2 is 1.79 bits per heavy atom. The van der Waals surface area contributed by atoms with Crippen LogP contribution in [0.3, 0.4) is 0 Å². The van der Waals surface area contributed by atoms with Crippen molar-refractivity contribution in [3.63, 3.8) is 0 Å². The molecular formula is C13H19ClN2O2S. The first kappa shape index (κ1) is 14.6. The fourth-order valence-electron chi connectivity index (χ4n) is 2.42. The standard InChI is InChI=1S/C13H19ClN2O2S/c14-12-9-10(15)7-8-13(12)19(17,18)16-11-5-3-1-2-4-6-11/h7-9,11,16H,1-6,15H2. The van der Waals surface area contributed by atoms with Crippen LogP contribution in [0.5, 0.6) is 0 Å². The number of nitrogen functional groups attached to an aromatic ring is 1. The third kappa shape index (κ3) is 3.84. The van der Waals surface area contributed by atoms with Gasteiger partial charge in [0.1, 0.15) is 4.90 Å². The number of sulfonamides is 1. The minimum absolute atomic E-state index is 0.0149. The van der Waals surface area contributed by atoms with Gasteiger partial charge in [0.25, 0.3) is 0 Å². The molecule has 0 saturated heterocycles. The maximum Gasteiger partial charge on any atom is 0.242 e. The van der Waals surface area contributed by atoms with Gasteiger partial charge in [-0.25, -0.2) is 13.1 Å². The molecule has 3 N–H and O–H groups in total. The van der Waals surface area contributed by atoms with E-state index in [2.05, 4.69) is 4.72 Å². The number of nitrogens with one attached hydrogen (secondary N) is 1. The maximum absolute atomic E-state index is 12.3. The van der Waals surface area contributed by atoms with E-state index in [9.17, 15) is 8.42 Å². The van der Waals surface area contributed by atoms with Gasteiger partial charge in [-0.2, -0.15) is 0 Å². The van der Waals surface area contributed by atoms with Gasteiger partial charge in [0.15, 0.2) is 0 Å². The van der Waals surface area contributed by atoms with Crippen molar-refractivity contribution in [2.45, 2.75) is 49.5 Å². The smallest absolute Gasteiger partial charge is 0.242 e. The molecule has 1 aromatic carbocycles. The molecule has 1 aliphatic rings. The van der Waals surface area contributed by atoms with Crippen molar-refractivity contribution in [2.75, 3.05) is 5.73 Å². The highest BCUT2D eigenvalue weighted by Gasteiger charge is 2.23. The van der Waals surface area contributed by atoms with E-state index in [4.69, 9.17) is 17.3 Å². The Balaban J connectivity index is 2.17. The van der Waals surface area contributed by atoms with Gasteiger partial charge in [-0.05, 0) is 31.0 Å². The topological polar surface area (TPSA) is 72.2 Å². The van der Waals surface area contributed by atoms with E-state index in [0.29, 0.717) is 5.69 Å². The van der Waals surface area contributed by atoms with E-state index in [0.717, 1.165) is 25.7 Å². The van der Waals surface area contributed by atoms with Crippen molar-refractivity contribution >= 4 is 27.3 Å². The monoisotopic (exact) mass is 302 g/mol. The molecule has 0 heterocycles. The Morgan fingerprint density at radius 3 is 2.37 bits per heavy atom. The number of benzene rings is 1. The van der Waals surface area contributed by atoms with Gasteiger partial charge in [0.05, 0.1) is 5.02 Å². The summed E-state index contributed by atoms with van der Waals surface area (Å²) in [5.41, 5.74) is 6.03. The highest BCUT2D eigenvalue weighted by atomic mass is 35.5. The number of rotatable bonds is 3. The zero-order valence-corrected chi connectivity index (χ0v) is 12.3. The van der Waals surface area contributed by atoms with Crippen LogP contribution < -0.4 is 10.5 Å². The fraction of sp³-hybridized carbons (Fsp3) is 0.538. The van der Waals surface area contributed by atoms with Crippen LogP contribution in [0.1, 0.15) is 38.5 Å². The molecule has 106 valence electrons. The fourth-order valence-corrected chi connectivity index (χ4v) is 4.27. The van der Waals surface area contributed by atoms with Gasteiger partial charge in [0.2, 0.25) is 10.0 Å². The highest BCUT2D eigenvalue weighted by Crippen LogP contribution is 2.25. The van der Waals surface area contributed by atoms with E-state index in [1.807, 2.05) is 0 Å². The van der Waals surface area contributed by atoms with Gasteiger partial charge >= 0.3 is 0 Å². The van der Waals surface area contributed by atoms with E-state index >= 15 is 0 Å². The zero-order valence-electron chi connectivity index (χ0n) is 10.7. The molecule has 0 amide bonds. The van der Waals surface area contributed by atoms with Crippen LogP contribution in [-0.4, -0.2) is 14.5 Å². The second-order valence-electron chi connectivity index (χ2n) is 5.00. The Hall–Kier alpha value is -0.780. The Labute approximate surface area is 119 Å². The average molecular weight is 303 g/mol. The molecule has 19 heavy (non-hydrogen) atoms. The van der Waals surface area contributed by atoms with Gasteiger partial charge in [0, 0.05) is 11.7 Å². The molecule has 0 bridgehead atoms. The van der Waals surface area contributed by atoms with Gasteiger partial charge in [-0.1, -0.05) is 37.3 Å². The molecule has 6 heteroatoms. The number of nitrogens with two attached hydrogens (primary N) is 1. The number of halogens is 1. The van der Waals surface area contributed by atoms with Crippen LogP contribution in [0.25, 0.3) is 0 Å². The van der Waals surface area contributed by atoms with Gasteiger partial charge in [-0.15, -0.1) is 0 Å². The first-order valence-corrected chi connectivity index (χ1v) is 8.42. The van der Waals surface area contributed by atoms with E-state index < -0.39 is 10.0 Å². The maximum atomic E-state index is 12.3. The largest absolute Gasteiger partial charge is 0.399 e. The van der Waals surface area contributed by atoms with Crippen molar-refractivity contribution in [1.29, 1.82) is 0 Å². The Bertz CT molecular complexity index is 538. The number of hydrogen-bond acceptors (Lipinski definition) is 3. The quantitative estimate of drug-likeness (QED) is 0.666. The van der Waals surface area contributed by atoms with E-state index in [1.54, 1.807) is 6.07 Å². The van der Waals surface area contributed by atoms with E-state index in [1.165, 1.54) is 25.0 Å². The van der Waals surface area contributed by atoms with Crippen molar-refractivity contribution in [2.24, 2.45) is 0 Å². The molecule has 1 aromatic rings. The van der Waals surface area contributed by atoms with Crippen molar-refractivity contribution in [3.8, 4) is 0 Å². The highest BCUT2D eigenvalue weighted by molar-refractivity contribution is 7.89. The third-order valence-corrected chi connectivity index (χ3v) is 5.43. The lowest BCUT2D eigenvalue weighted by atomic mass is 10.1. The number of anilines is 1. The zero-order chi connectivity index (χ0) is 13.9. The molecule has 4 nitrogen and oxygen atoms in total. The summed E-state index contributed by atoms with van der Waals surface area (Å²) in [6.07, 6.45) is 6.30. The third-order valence-electron chi connectivity index (χ3n) is 3.42. The minimum atomic E-state index is -3.56. The molecule has 1 saturated carbocycles. The lowest BCUT2D eigenvalue weighted by molar-refractivity contribution is 0.510. The molecule has 2 rings (SSSR count). The summed E-state index contributed by atoms with van der Waals surface area (Å²) < 4.78 is 27.4. The summed E-state index contributed by atoms with van der Waals surface area (Å²) in [7, 11) is -3.56. The second-order valence-corrected chi connectivity index (χ2v) is 7.09. The molecule has 0 radical (unpaired) electrons. The van der Waals surface area contributed by atoms with Crippen LogP contribution in [0.4, 0.5) is 5.69 Å². The van der Waals surface area contributed by atoms with Crippen molar-refractivity contribution in [1.82, 2.24) is 4.72 Å². The van der Waals surface area contributed by atoms with Gasteiger partial charge < -0.3 is 5.73 Å². The second kappa shape index (κ2) is 6.11. The predicted octanol–water partition coefficient (Wildman–Crippen LogP) is 2.92. The Kier molecular flexibility index (Phi) is 4.71. The van der Waals surface area contributed by atoms with Crippen molar-refractivity contribution < 1.29 is 8.42 Å². The lowest BCUT2D eigenvalue weighted by Crippen LogP contribution is -2.34. The molecule has 1 aliphatic carbocycles. The molecule has 0 aliphatic heterocycles. The van der Waals surface area contributed by atoms with E-state index in [-0.39, 0.29) is 16.0 Å². The average Bonchev–Trinajstić information content (AvgIpc) is 2.56. The van der Waals surface area contributed by atoms with Crippen LogP contribution in [0.15, 0.2) is 23.1 Å². The summed E-state index contributed by atoms with van der Waals surface area (Å²) >= 11 is 5.96. The number of hydrogen-bond donors (Lipinski definition) is 2. The first-order valence-electron chi connectivity index (χ1n) is 6.56. The van der Waals surface area contributed by atoms with Crippen LogP contribution in [0.2, 0.25) is 5.02 Å². The molecule has 0 unspecified atom stereocenters. The SMILES string of the molecule is Nc1ccc(S(=O)(=O)NC2CCCCCC2)c(Cl)c1. The summed E-state index contributed by atoms with van der Waals surface area (Å²) in [6.45, 7) is 0. The Morgan fingerprint density at radius 1 is 1.16 bits per heavy atom. The van der Waals surface area contributed by atoms with Crippen LogP contribution in [0, 0.1) is 0 Å². The summed E-state index contributed by atoms with van der Waals surface area (Å²) in [6, 6.07) is 4.48. The summed E-state index contributed by atoms with van der Waals surface area (Å²) in [4.78, 5) is 0.104. The van der Waals surface area contributed by atoms with Crippen LogP contribution in [-0.2, 0) is 10.0 Å². The molecular weight excluding hydrogens is 284 g/mol. The summed E-state index contributed by atoms with van der Waals surface area (Å²) in [5, 5.41) is 0.168. The van der Waals surface area contributed by atoms with Crippen LogP contribution >= 0.6 is 11.6 Å². The first-order chi connectivity index (χ1) is 8.99. The molecule has 0 spiro atoms. The van der Waals surface area contributed by atoms with Crippen molar-refractivity contribution in [3.05, 3.63) is 23.2 Å². The summed E-state index contributed by atoms with van der Waals surface area (Å²) in [5.74, 6) is 0. The lowest BCUT2D eigenvalue weighted by Gasteiger charge is -2.17. The predicted molar refractivity (Wildman–Crippen MR) is 77.7 cm³/mol. The molecule has 0 atom stereocenters. The molecule has 1 fully saturated rings. The molecule has 0 aromatic heterocycles. The minimum Gasteiger partial charge on any atom is -0.399 e. The normalized spacial score (nSPS) is 18.2. The van der Waals surface area contributed by atoms with Gasteiger partial charge in [-0.3, -0.25) is 0 Å².